The van der Waals surface area contributed by atoms with Gasteiger partial charge in [-0.15, -0.1) is 11.8 Å². The van der Waals surface area contributed by atoms with E-state index >= 15 is 0 Å². The molecular formula is C28H24N4O3S2. The molecule has 0 saturated heterocycles. The average Bonchev–Trinajstić information content (AvgIpc) is 2.90. The molecule has 186 valence electrons. The lowest BCUT2D eigenvalue weighted by atomic mass is 10.1. The number of para-hydroxylation sites is 1. The molecule has 37 heavy (non-hydrogen) atoms. The van der Waals surface area contributed by atoms with Crippen molar-refractivity contribution in [2.24, 2.45) is 0 Å². The van der Waals surface area contributed by atoms with Crippen molar-refractivity contribution >= 4 is 57.7 Å². The number of nitrogens with zero attached hydrogens (tertiary/aromatic N) is 1. The van der Waals surface area contributed by atoms with Crippen LogP contribution in [0.1, 0.15) is 16.4 Å². The number of aryl methyl sites for hydroxylation is 1. The van der Waals surface area contributed by atoms with Gasteiger partial charge >= 0.3 is 0 Å². The maximum Gasteiger partial charge on any atom is 0.269 e. The second-order valence-corrected chi connectivity index (χ2v) is 9.71. The van der Waals surface area contributed by atoms with E-state index in [1.54, 1.807) is 13.0 Å². The van der Waals surface area contributed by atoms with Crippen LogP contribution >= 0.6 is 24.0 Å². The van der Waals surface area contributed by atoms with Crippen molar-refractivity contribution in [3.8, 4) is 0 Å². The Morgan fingerprint density at radius 3 is 2.03 bits per heavy atom. The number of anilines is 3. The summed E-state index contributed by atoms with van der Waals surface area (Å²) in [6.07, 6.45) is 0. The molecule has 1 amide bonds. The second-order valence-electron chi connectivity index (χ2n) is 8.12. The van der Waals surface area contributed by atoms with E-state index < -0.39 is 10.2 Å². The fraction of sp³-hybridized carbons (Fsp3) is 0.0714. The zero-order valence-corrected chi connectivity index (χ0v) is 21.5. The van der Waals surface area contributed by atoms with Gasteiger partial charge in [0.1, 0.15) is 5.25 Å². The van der Waals surface area contributed by atoms with Crippen LogP contribution in [0.5, 0.6) is 0 Å². The topological polar surface area (TPSA) is 96.3 Å². The summed E-state index contributed by atoms with van der Waals surface area (Å²) < 4.78 is 0. The summed E-state index contributed by atoms with van der Waals surface area (Å²) in [5, 5.41) is 20.2. The van der Waals surface area contributed by atoms with Gasteiger partial charge in [-0.1, -0.05) is 48.5 Å². The smallest absolute Gasteiger partial charge is 0.269 e. The average molecular weight is 529 g/mol. The normalized spacial score (nSPS) is 11.3. The Morgan fingerprint density at radius 1 is 0.838 bits per heavy atom. The van der Waals surface area contributed by atoms with Gasteiger partial charge in [0.25, 0.3) is 5.69 Å². The predicted octanol–water partition coefficient (Wildman–Crippen LogP) is 7.18. The monoisotopic (exact) mass is 528 g/mol. The van der Waals surface area contributed by atoms with Gasteiger partial charge in [0.05, 0.1) is 4.92 Å². The molecular weight excluding hydrogens is 504 g/mol. The Bertz CT molecular complexity index is 1400. The van der Waals surface area contributed by atoms with Gasteiger partial charge in [0, 0.05) is 34.1 Å². The minimum atomic E-state index is -0.532. The Hall–Kier alpha value is -4.21. The lowest BCUT2D eigenvalue weighted by Gasteiger charge is -2.18. The van der Waals surface area contributed by atoms with Crippen molar-refractivity contribution in [1.29, 1.82) is 0 Å². The lowest BCUT2D eigenvalue weighted by molar-refractivity contribution is -0.384. The molecule has 7 nitrogen and oxygen atoms in total. The zero-order valence-electron chi connectivity index (χ0n) is 19.9. The number of nitro benzene ring substituents is 1. The summed E-state index contributed by atoms with van der Waals surface area (Å²) in [5.74, 6) is -0.219. The van der Waals surface area contributed by atoms with Gasteiger partial charge in [-0.05, 0) is 72.7 Å². The van der Waals surface area contributed by atoms with Gasteiger partial charge < -0.3 is 16.0 Å². The molecule has 0 aromatic heterocycles. The van der Waals surface area contributed by atoms with E-state index in [1.807, 2.05) is 84.9 Å². The van der Waals surface area contributed by atoms with Gasteiger partial charge in [0.2, 0.25) is 5.91 Å². The molecule has 4 aromatic carbocycles. The molecule has 0 fully saturated rings. The molecule has 1 unspecified atom stereocenters. The van der Waals surface area contributed by atoms with Crippen LogP contribution in [0.3, 0.4) is 0 Å². The number of carbonyl (C=O) groups is 1. The third kappa shape index (κ3) is 7.16. The molecule has 0 saturated carbocycles. The Balaban J connectivity index is 1.46. The van der Waals surface area contributed by atoms with Crippen LogP contribution < -0.4 is 16.0 Å². The summed E-state index contributed by atoms with van der Waals surface area (Å²) in [5.41, 5.74) is 3.70. The van der Waals surface area contributed by atoms with Crippen LogP contribution in [0.2, 0.25) is 0 Å². The first-order valence-electron chi connectivity index (χ1n) is 11.4. The molecule has 0 bridgehead atoms. The third-order valence-electron chi connectivity index (χ3n) is 5.42. The molecule has 0 spiro atoms. The number of hydrogen-bond donors (Lipinski definition) is 3. The first-order valence-corrected chi connectivity index (χ1v) is 12.7. The number of non-ortho nitro benzene ring substituents is 1. The summed E-state index contributed by atoms with van der Waals surface area (Å²) in [7, 11) is 0. The molecule has 0 aliphatic carbocycles. The standard InChI is InChI=1S/C28H24N4O3S2/c1-19-18-23(32(34)35)14-17-25(19)31-27(33)26(20-8-4-2-5-9-20)37-24-15-12-22(13-16-24)30-28(36)29-21-10-6-3-7-11-21/h2-18,26H,1H3,(H,31,33)(H2,29,30,36). The van der Waals surface area contributed by atoms with E-state index in [0.29, 0.717) is 16.4 Å². The molecule has 0 aliphatic heterocycles. The number of hydrogen-bond acceptors (Lipinski definition) is 5. The molecule has 1 atom stereocenters. The fourth-order valence-corrected chi connectivity index (χ4v) is 4.83. The number of amides is 1. The summed E-state index contributed by atoms with van der Waals surface area (Å²) in [6, 6.07) is 31.2. The van der Waals surface area contributed by atoms with Crippen LogP contribution in [-0.2, 0) is 4.79 Å². The number of rotatable bonds is 8. The minimum absolute atomic E-state index is 0.0170. The van der Waals surface area contributed by atoms with E-state index in [9.17, 15) is 14.9 Å². The van der Waals surface area contributed by atoms with Gasteiger partial charge in [-0.3, -0.25) is 14.9 Å². The van der Waals surface area contributed by atoms with E-state index in [2.05, 4.69) is 16.0 Å². The first kappa shape index (κ1) is 25.9. The number of benzene rings is 4. The molecule has 9 heteroatoms. The number of thiocarbonyl (C=S) groups is 1. The Labute approximate surface area is 224 Å². The van der Waals surface area contributed by atoms with Crippen LogP contribution in [0.15, 0.2) is 108 Å². The molecule has 0 radical (unpaired) electrons. The molecule has 4 aromatic rings. The highest BCUT2D eigenvalue weighted by Gasteiger charge is 2.23. The quantitative estimate of drug-likeness (QED) is 0.0964. The van der Waals surface area contributed by atoms with Crippen LogP contribution in [0, 0.1) is 17.0 Å². The lowest BCUT2D eigenvalue weighted by Crippen LogP contribution is -2.19. The van der Waals surface area contributed by atoms with Crippen molar-refractivity contribution in [2.75, 3.05) is 16.0 Å². The SMILES string of the molecule is Cc1cc([N+](=O)[O-])ccc1NC(=O)C(Sc1ccc(NC(=S)Nc2ccccc2)cc1)c1ccccc1. The molecule has 4 rings (SSSR count). The first-order chi connectivity index (χ1) is 17.9. The zero-order chi connectivity index (χ0) is 26.2. The highest BCUT2D eigenvalue weighted by atomic mass is 32.2. The largest absolute Gasteiger partial charge is 0.332 e. The molecule has 0 aliphatic rings. The number of nitrogens with one attached hydrogen (secondary N) is 3. The highest BCUT2D eigenvalue weighted by molar-refractivity contribution is 8.00. The predicted molar refractivity (Wildman–Crippen MR) is 154 cm³/mol. The molecule has 0 heterocycles. The van der Waals surface area contributed by atoms with E-state index in [0.717, 1.165) is 21.8 Å². The van der Waals surface area contributed by atoms with Crippen molar-refractivity contribution in [3.05, 3.63) is 124 Å². The number of carbonyl (C=O) groups excluding carboxylic acids is 1. The summed E-state index contributed by atoms with van der Waals surface area (Å²) in [4.78, 5) is 24.9. The van der Waals surface area contributed by atoms with E-state index in [1.165, 1.54) is 23.9 Å². The second kappa shape index (κ2) is 12.2. The Morgan fingerprint density at radius 2 is 1.43 bits per heavy atom. The van der Waals surface area contributed by atoms with E-state index in [-0.39, 0.29) is 11.6 Å². The fourth-order valence-electron chi connectivity index (χ4n) is 3.57. The minimum Gasteiger partial charge on any atom is -0.332 e. The summed E-state index contributed by atoms with van der Waals surface area (Å²) in [6.45, 7) is 1.73. The maximum atomic E-state index is 13.4. The van der Waals surface area contributed by atoms with Gasteiger partial charge in [-0.25, -0.2) is 0 Å². The third-order valence-corrected chi connectivity index (χ3v) is 6.89. The van der Waals surface area contributed by atoms with Crippen molar-refractivity contribution in [1.82, 2.24) is 0 Å². The highest BCUT2D eigenvalue weighted by Crippen LogP contribution is 2.37. The molecule has 3 N–H and O–H groups in total. The number of nitro groups is 1. The van der Waals surface area contributed by atoms with Crippen LogP contribution in [0.4, 0.5) is 22.7 Å². The Kier molecular flexibility index (Phi) is 8.50. The van der Waals surface area contributed by atoms with Gasteiger partial charge in [-0.2, -0.15) is 0 Å². The number of thioether (sulfide) groups is 1. The van der Waals surface area contributed by atoms with Crippen LogP contribution in [0.25, 0.3) is 0 Å². The summed E-state index contributed by atoms with van der Waals surface area (Å²) >= 11 is 6.81. The van der Waals surface area contributed by atoms with E-state index in [4.69, 9.17) is 12.2 Å². The maximum absolute atomic E-state index is 13.4. The van der Waals surface area contributed by atoms with Gasteiger partial charge in [0.15, 0.2) is 5.11 Å². The van der Waals surface area contributed by atoms with Crippen molar-refractivity contribution in [2.45, 2.75) is 17.1 Å². The van der Waals surface area contributed by atoms with Crippen LogP contribution in [-0.4, -0.2) is 15.9 Å². The van der Waals surface area contributed by atoms with Crippen molar-refractivity contribution in [3.63, 3.8) is 0 Å². The van der Waals surface area contributed by atoms with Crippen molar-refractivity contribution < 1.29 is 9.72 Å².